The number of hydrazine groups is 1. The van der Waals surface area contributed by atoms with Gasteiger partial charge in [0.15, 0.2) is 5.84 Å². The Kier molecular flexibility index (Phi) is 6.82. The first kappa shape index (κ1) is 22.9. The molecule has 5 N–H and O–H groups in total. The average Bonchev–Trinajstić information content (AvgIpc) is 2.88. The summed E-state index contributed by atoms with van der Waals surface area (Å²) in [5.74, 6) is 7.48. The summed E-state index contributed by atoms with van der Waals surface area (Å²) in [7, 11) is 0. The molecule has 8 nitrogen and oxygen atoms in total. The Morgan fingerprint density at radius 3 is 2.71 bits per heavy atom. The van der Waals surface area contributed by atoms with Gasteiger partial charge in [0.05, 0.1) is 19.8 Å². The highest BCUT2D eigenvalue weighted by atomic mass is 16.5. The summed E-state index contributed by atoms with van der Waals surface area (Å²) < 4.78 is 11.9. The van der Waals surface area contributed by atoms with Gasteiger partial charge in [-0.1, -0.05) is 36.4 Å². The van der Waals surface area contributed by atoms with Gasteiger partial charge in [-0.25, -0.2) is 11.0 Å². The van der Waals surface area contributed by atoms with Crippen LogP contribution in [0.15, 0.2) is 59.7 Å². The predicted octanol–water partition coefficient (Wildman–Crippen LogP) is 1.76. The molecule has 0 radical (unpaired) electrons. The van der Waals surface area contributed by atoms with Gasteiger partial charge in [0.2, 0.25) is 0 Å². The molecule has 3 aliphatic heterocycles. The van der Waals surface area contributed by atoms with Gasteiger partial charge in [-0.05, 0) is 42.4 Å². The summed E-state index contributed by atoms with van der Waals surface area (Å²) in [5.41, 5.74) is 10.3. The van der Waals surface area contributed by atoms with E-state index in [0.717, 1.165) is 81.2 Å². The van der Waals surface area contributed by atoms with Crippen LogP contribution in [0.1, 0.15) is 29.5 Å². The molecule has 0 atom stereocenters. The highest BCUT2D eigenvalue weighted by molar-refractivity contribution is 5.98. The zero-order valence-corrected chi connectivity index (χ0v) is 19.6. The van der Waals surface area contributed by atoms with Crippen LogP contribution in [0, 0.1) is 0 Å². The van der Waals surface area contributed by atoms with E-state index in [1.54, 1.807) is 0 Å². The lowest BCUT2D eigenvalue weighted by atomic mass is 9.83. The van der Waals surface area contributed by atoms with Gasteiger partial charge in [-0.3, -0.25) is 4.90 Å². The molecule has 0 bridgehead atoms. The second-order valence-electron chi connectivity index (χ2n) is 9.15. The number of piperidine rings is 1. The fraction of sp³-hybridized carbons (Fsp3) is 0.423. The smallest absolute Gasteiger partial charge is 0.152 e. The normalized spacial score (nSPS) is 20.4. The minimum atomic E-state index is -0.280. The molecule has 0 amide bonds. The number of hydrogen-bond donors (Lipinski definition) is 3. The Balaban J connectivity index is 1.37. The van der Waals surface area contributed by atoms with Crippen molar-refractivity contribution in [3.05, 3.63) is 71.3 Å². The van der Waals surface area contributed by atoms with Gasteiger partial charge < -0.3 is 20.5 Å². The number of hydrogen-bond acceptors (Lipinski definition) is 7. The van der Waals surface area contributed by atoms with Crippen LogP contribution in [0.3, 0.4) is 0 Å². The maximum atomic E-state index is 6.52. The Hall–Kier alpha value is -2.91. The van der Waals surface area contributed by atoms with E-state index in [4.69, 9.17) is 21.1 Å². The lowest BCUT2D eigenvalue weighted by Crippen LogP contribution is -2.46. The fourth-order valence-corrected chi connectivity index (χ4v) is 4.86. The lowest BCUT2D eigenvalue weighted by molar-refractivity contribution is 0.0334. The largest absolute Gasteiger partial charge is 0.482 e. The predicted molar refractivity (Wildman–Crippen MR) is 134 cm³/mol. The van der Waals surface area contributed by atoms with Crippen LogP contribution in [-0.4, -0.2) is 73.9 Å². The number of rotatable bonds is 6. The molecule has 0 aromatic heterocycles. The number of para-hydroxylation sites is 1. The number of nitrogens with zero attached hydrogens (tertiary/aromatic N) is 3. The van der Waals surface area contributed by atoms with Gasteiger partial charge in [0, 0.05) is 43.6 Å². The van der Waals surface area contributed by atoms with Gasteiger partial charge in [-0.15, -0.1) is 5.10 Å². The second-order valence-corrected chi connectivity index (χ2v) is 9.15. The number of nitrogens with two attached hydrogens (primary N) is 2. The summed E-state index contributed by atoms with van der Waals surface area (Å²) in [5, 5.41) is 9.32. The molecule has 2 aromatic rings. The maximum absolute atomic E-state index is 6.52. The topological polar surface area (TPSA) is 101 Å². The molecule has 2 aromatic carbocycles. The Morgan fingerprint density at radius 2 is 1.88 bits per heavy atom. The monoisotopic (exact) mass is 462 g/mol. The van der Waals surface area contributed by atoms with Crippen molar-refractivity contribution in [3.63, 3.8) is 0 Å². The molecule has 34 heavy (non-hydrogen) atoms. The van der Waals surface area contributed by atoms with E-state index in [0.29, 0.717) is 12.4 Å². The van der Waals surface area contributed by atoms with Crippen LogP contribution >= 0.6 is 0 Å². The molecule has 5 rings (SSSR count). The molecule has 180 valence electrons. The van der Waals surface area contributed by atoms with Crippen molar-refractivity contribution in [1.82, 2.24) is 15.3 Å². The van der Waals surface area contributed by atoms with Crippen molar-refractivity contribution >= 4 is 11.4 Å². The fourth-order valence-electron chi connectivity index (χ4n) is 4.86. The minimum absolute atomic E-state index is 0.280. The molecular weight excluding hydrogens is 428 g/mol. The van der Waals surface area contributed by atoms with Crippen molar-refractivity contribution in [3.8, 4) is 5.75 Å². The van der Waals surface area contributed by atoms with Gasteiger partial charge >= 0.3 is 0 Å². The number of morpholine rings is 1. The van der Waals surface area contributed by atoms with Crippen LogP contribution in [0.4, 0.5) is 0 Å². The van der Waals surface area contributed by atoms with E-state index >= 15 is 0 Å². The van der Waals surface area contributed by atoms with E-state index in [1.807, 2.05) is 18.2 Å². The summed E-state index contributed by atoms with van der Waals surface area (Å²) in [4.78, 5) is 2.32. The summed E-state index contributed by atoms with van der Waals surface area (Å²) >= 11 is 0. The third-order valence-electron chi connectivity index (χ3n) is 6.80. The number of amidine groups is 1. The molecule has 8 heteroatoms. The molecular formula is C26H34N6O2. The molecule has 3 heterocycles. The second kappa shape index (κ2) is 10.1. The number of nitrogens with one attached hydrogen (secondary N) is 1. The van der Waals surface area contributed by atoms with Gasteiger partial charge in [0.25, 0.3) is 0 Å². The molecule has 0 aliphatic carbocycles. The zero-order valence-electron chi connectivity index (χ0n) is 19.6. The van der Waals surface area contributed by atoms with E-state index in [2.05, 4.69) is 51.7 Å². The van der Waals surface area contributed by atoms with E-state index in [1.165, 1.54) is 10.7 Å². The Labute approximate surface area is 201 Å². The van der Waals surface area contributed by atoms with E-state index in [-0.39, 0.29) is 5.60 Å². The molecule has 1 spiro atoms. The molecule has 0 unspecified atom stereocenters. The highest BCUT2D eigenvalue weighted by Crippen LogP contribution is 2.42. The first-order chi connectivity index (χ1) is 16.6. The van der Waals surface area contributed by atoms with Crippen LogP contribution in [-0.2, 0) is 4.74 Å². The quantitative estimate of drug-likeness (QED) is 0.260. The van der Waals surface area contributed by atoms with Crippen molar-refractivity contribution in [2.24, 2.45) is 16.7 Å². The SMILES string of the molecule is N/C(=N\N(N)CCN1CCOCC1)c1cccc(C2=CC3(CCNCC3)Oc3ccccc32)c1. The van der Waals surface area contributed by atoms with Crippen molar-refractivity contribution in [2.45, 2.75) is 18.4 Å². The summed E-state index contributed by atoms with van der Waals surface area (Å²) in [6.07, 6.45) is 4.19. The maximum Gasteiger partial charge on any atom is 0.152 e. The zero-order chi connectivity index (χ0) is 23.4. The lowest BCUT2D eigenvalue weighted by Gasteiger charge is -2.40. The molecule has 2 fully saturated rings. The van der Waals surface area contributed by atoms with Crippen LogP contribution in [0.25, 0.3) is 5.57 Å². The number of fused-ring (bicyclic) bond motifs is 1. The third kappa shape index (κ3) is 5.10. The van der Waals surface area contributed by atoms with Gasteiger partial charge in [-0.2, -0.15) is 0 Å². The summed E-state index contributed by atoms with van der Waals surface area (Å²) in [6.45, 7) is 6.71. The highest BCUT2D eigenvalue weighted by Gasteiger charge is 2.37. The standard InChI is InChI=1S/C26H34N6O2/c27-25(30-32(28)13-12-31-14-16-33-17-15-31)21-5-3-4-20(18-21)23-19-26(8-10-29-11-9-26)34-24-7-2-1-6-22(23)24/h1-7,18-19,29H,8-17,28H2,(H2,27,30). The van der Waals surface area contributed by atoms with Crippen molar-refractivity contribution < 1.29 is 9.47 Å². The van der Waals surface area contributed by atoms with Crippen LogP contribution in [0.5, 0.6) is 5.75 Å². The molecule has 0 saturated carbocycles. The summed E-state index contributed by atoms with van der Waals surface area (Å²) in [6, 6.07) is 16.5. The van der Waals surface area contributed by atoms with Crippen molar-refractivity contribution in [2.75, 3.05) is 52.5 Å². The third-order valence-corrected chi connectivity index (χ3v) is 6.80. The Morgan fingerprint density at radius 1 is 1.09 bits per heavy atom. The number of benzene rings is 2. The minimum Gasteiger partial charge on any atom is -0.482 e. The van der Waals surface area contributed by atoms with E-state index in [9.17, 15) is 0 Å². The molecule has 3 aliphatic rings. The molecule has 2 saturated heterocycles. The first-order valence-electron chi connectivity index (χ1n) is 12.1. The number of ether oxygens (including phenoxy) is 2. The van der Waals surface area contributed by atoms with Crippen LogP contribution in [0.2, 0.25) is 0 Å². The first-order valence-corrected chi connectivity index (χ1v) is 12.1. The van der Waals surface area contributed by atoms with E-state index < -0.39 is 0 Å². The van der Waals surface area contributed by atoms with Crippen molar-refractivity contribution in [1.29, 1.82) is 0 Å². The van der Waals surface area contributed by atoms with Gasteiger partial charge in [0.1, 0.15) is 11.4 Å². The number of hydrazone groups is 1. The average molecular weight is 463 g/mol. The van der Waals surface area contributed by atoms with Crippen LogP contribution < -0.4 is 21.6 Å². The Bertz CT molecular complexity index is 1060.